The minimum absolute atomic E-state index is 0.0644. The van der Waals surface area contributed by atoms with Crippen LogP contribution in [0, 0.1) is 17.8 Å². The lowest BCUT2D eigenvalue weighted by Crippen LogP contribution is -2.30. The molecule has 0 aliphatic rings. The molecule has 0 aromatic carbocycles. The molecule has 0 aliphatic carbocycles. The van der Waals surface area contributed by atoms with E-state index in [2.05, 4.69) is 41.5 Å². The Hall–Kier alpha value is -1.59. The summed E-state index contributed by atoms with van der Waals surface area (Å²) in [4.78, 5) is 38.1. The Bertz CT molecular complexity index is 1010. The monoisotopic (exact) mass is 919 g/mol. The first-order chi connectivity index (χ1) is 31.7. The molecule has 6 heteroatoms. The van der Waals surface area contributed by atoms with Crippen LogP contribution < -0.4 is 0 Å². The highest BCUT2D eigenvalue weighted by Crippen LogP contribution is 2.19. The number of carbonyl (C=O) groups is 3. The van der Waals surface area contributed by atoms with Gasteiger partial charge >= 0.3 is 17.9 Å². The highest BCUT2D eigenvalue weighted by atomic mass is 16.6. The smallest absolute Gasteiger partial charge is 0.306 e. The molecular formula is C59H114O6. The van der Waals surface area contributed by atoms with Crippen molar-refractivity contribution in [2.24, 2.45) is 17.8 Å². The number of esters is 3. The van der Waals surface area contributed by atoms with Gasteiger partial charge in [0, 0.05) is 19.3 Å². The lowest BCUT2D eigenvalue weighted by molar-refractivity contribution is -0.167. The predicted octanol–water partition coefficient (Wildman–Crippen LogP) is 19.1. The first-order valence-electron chi connectivity index (χ1n) is 29.2. The Morgan fingerprint density at radius 2 is 0.538 bits per heavy atom. The van der Waals surface area contributed by atoms with E-state index in [-0.39, 0.29) is 31.1 Å². The molecule has 0 fully saturated rings. The average molecular weight is 920 g/mol. The molecule has 6 nitrogen and oxygen atoms in total. The van der Waals surface area contributed by atoms with E-state index in [1.54, 1.807) is 0 Å². The molecule has 0 rings (SSSR count). The Morgan fingerprint density at radius 3 is 0.800 bits per heavy atom. The fraction of sp³-hybridized carbons (Fsp3) is 0.949. The van der Waals surface area contributed by atoms with Gasteiger partial charge in [0.15, 0.2) is 6.10 Å². The molecule has 0 N–H and O–H groups in total. The minimum atomic E-state index is -0.764. The van der Waals surface area contributed by atoms with Gasteiger partial charge in [0.1, 0.15) is 13.2 Å². The summed E-state index contributed by atoms with van der Waals surface area (Å²) in [6.45, 7) is 13.8. The molecule has 0 saturated heterocycles. The minimum Gasteiger partial charge on any atom is -0.462 e. The zero-order chi connectivity index (χ0) is 47.7. The van der Waals surface area contributed by atoms with E-state index in [4.69, 9.17) is 14.2 Å². The summed E-state index contributed by atoms with van der Waals surface area (Å²) in [5.74, 6) is 1.71. The topological polar surface area (TPSA) is 78.9 Å². The summed E-state index contributed by atoms with van der Waals surface area (Å²) in [5, 5.41) is 0. The normalized spacial score (nSPS) is 13.0. The van der Waals surface area contributed by atoms with Crippen molar-refractivity contribution in [1.29, 1.82) is 0 Å². The number of hydrogen-bond donors (Lipinski definition) is 0. The van der Waals surface area contributed by atoms with Gasteiger partial charge in [-0.15, -0.1) is 0 Å². The van der Waals surface area contributed by atoms with Crippen LogP contribution in [0.2, 0.25) is 0 Å². The van der Waals surface area contributed by atoms with Crippen LogP contribution in [0.3, 0.4) is 0 Å². The molecule has 3 atom stereocenters. The largest absolute Gasteiger partial charge is 0.462 e. The van der Waals surface area contributed by atoms with Crippen LogP contribution in [0.4, 0.5) is 0 Å². The van der Waals surface area contributed by atoms with Crippen LogP contribution in [0.15, 0.2) is 0 Å². The van der Waals surface area contributed by atoms with Crippen molar-refractivity contribution in [3.8, 4) is 0 Å². The molecule has 65 heavy (non-hydrogen) atoms. The molecule has 0 aromatic heterocycles. The standard InChI is InChI=1S/C59H114O6/c1-7-54(5)46-40-34-28-24-20-15-13-11-9-10-12-14-16-22-26-30-38-44-50-59(62)65-56(52-64-58(61)49-43-37-32-31-35-41-47-55(6)8-2)51-63-57(60)48-42-36-29-25-21-18-17-19-23-27-33-39-45-53(3)4/h53-56H,7-52H2,1-6H3/t54?,55?,56-/m1/s1. The molecular weight excluding hydrogens is 805 g/mol. The Balaban J connectivity index is 4.22. The van der Waals surface area contributed by atoms with Gasteiger partial charge in [-0.1, -0.05) is 286 Å². The molecule has 0 spiro atoms. The van der Waals surface area contributed by atoms with E-state index in [9.17, 15) is 14.4 Å². The van der Waals surface area contributed by atoms with Crippen LogP contribution in [0.25, 0.3) is 0 Å². The van der Waals surface area contributed by atoms with Gasteiger partial charge in [-0.2, -0.15) is 0 Å². The predicted molar refractivity (Wildman–Crippen MR) is 279 cm³/mol. The number of ether oxygens (including phenoxy) is 3. The highest BCUT2D eigenvalue weighted by Gasteiger charge is 2.19. The van der Waals surface area contributed by atoms with E-state index < -0.39 is 6.10 Å². The van der Waals surface area contributed by atoms with Gasteiger partial charge in [0.25, 0.3) is 0 Å². The zero-order valence-corrected chi connectivity index (χ0v) is 44.8. The maximum Gasteiger partial charge on any atom is 0.306 e. The number of rotatable bonds is 52. The second kappa shape index (κ2) is 50.3. The average Bonchev–Trinajstić information content (AvgIpc) is 3.29. The lowest BCUT2D eigenvalue weighted by Gasteiger charge is -2.18. The van der Waals surface area contributed by atoms with E-state index in [1.165, 1.54) is 205 Å². The maximum atomic E-state index is 12.9. The summed E-state index contributed by atoms with van der Waals surface area (Å²) >= 11 is 0. The fourth-order valence-corrected chi connectivity index (χ4v) is 8.93. The molecule has 0 aromatic rings. The van der Waals surface area contributed by atoms with Crippen LogP contribution >= 0.6 is 0 Å². The van der Waals surface area contributed by atoms with Crippen LogP contribution in [0.1, 0.15) is 324 Å². The maximum absolute atomic E-state index is 12.9. The van der Waals surface area contributed by atoms with Crippen molar-refractivity contribution in [3.63, 3.8) is 0 Å². The molecule has 0 aliphatic heterocycles. The Kier molecular flexibility index (Phi) is 49.1. The van der Waals surface area contributed by atoms with E-state index in [0.29, 0.717) is 19.3 Å². The molecule has 386 valence electrons. The van der Waals surface area contributed by atoms with Crippen molar-refractivity contribution in [2.75, 3.05) is 13.2 Å². The summed E-state index contributed by atoms with van der Waals surface area (Å²) in [5.41, 5.74) is 0. The first-order valence-corrected chi connectivity index (χ1v) is 29.2. The molecule has 0 saturated carbocycles. The molecule has 0 heterocycles. The first kappa shape index (κ1) is 63.4. The Morgan fingerprint density at radius 1 is 0.308 bits per heavy atom. The number of carbonyl (C=O) groups excluding carboxylic acids is 3. The van der Waals surface area contributed by atoms with Crippen LogP contribution in [-0.4, -0.2) is 37.2 Å². The fourth-order valence-electron chi connectivity index (χ4n) is 8.93. The quantitative estimate of drug-likeness (QED) is 0.0344. The third-order valence-electron chi connectivity index (χ3n) is 14.1. The Labute approximate surface area is 406 Å². The second-order valence-corrected chi connectivity index (χ2v) is 21.2. The number of unbranched alkanes of at least 4 members (excludes halogenated alkanes) is 33. The molecule has 2 unspecified atom stereocenters. The van der Waals surface area contributed by atoms with E-state index in [0.717, 1.165) is 75.5 Å². The van der Waals surface area contributed by atoms with Crippen molar-refractivity contribution in [1.82, 2.24) is 0 Å². The van der Waals surface area contributed by atoms with Crippen molar-refractivity contribution < 1.29 is 28.6 Å². The van der Waals surface area contributed by atoms with Crippen molar-refractivity contribution in [3.05, 3.63) is 0 Å². The van der Waals surface area contributed by atoms with Crippen LogP contribution in [-0.2, 0) is 28.6 Å². The molecule has 0 amide bonds. The summed E-state index contributed by atoms with van der Waals surface area (Å²) in [7, 11) is 0. The van der Waals surface area contributed by atoms with Gasteiger partial charge in [0.05, 0.1) is 0 Å². The van der Waals surface area contributed by atoms with Gasteiger partial charge in [-0.25, -0.2) is 0 Å². The summed E-state index contributed by atoms with van der Waals surface area (Å²) < 4.78 is 16.9. The third-order valence-corrected chi connectivity index (χ3v) is 14.1. The van der Waals surface area contributed by atoms with Crippen molar-refractivity contribution >= 4 is 17.9 Å². The van der Waals surface area contributed by atoms with Crippen LogP contribution in [0.5, 0.6) is 0 Å². The van der Waals surface area contributed by atoms with Gasteiger partial charge in [-0.3, -0.25) is 14.4 Å². The van der Waals surface area contributed by atoms with Gasteiger partial charge in [-0.05, 0) is 37.0 Å². The zero-order valence-electron chi connectivity index (χ0n) is 44.8. The third kappa shape index (κ3) is 50.1. The lowest BCUT2D eigenvalue weighted by atomic mass is 9.99. The second-order valence-electron chi connectivity index (χ2n) is 21.2. The SMILES string of the molecule is CCC(C)CCCCCCCCCCCCCCCCCCCCC(=O)O[C@H](COC(=O)CCCCCCCCCCCCCCC(C)C)COC(=O)CCCCCCCCC(C)CC. The molecule has 0 bridgehead atoms. The van der Waals surface area contributed by atoms with Gasteiger partial charge in [0.2, 0.25) is 0 Å². The molecule has 0 radical (unpaired) electrons. The van der Waals surface area contributed by atoms with E-state index >= 15 is 0 Å². The summed E-state index contributed by atoms with van der Waals surface area (Å²) in [6.07, 6.45) is 52.4. The van der Waals surface area contributed by atoms with Crippen molar-refractivity contribution in [2.45, 2.75) is 330 Å². The van der Waals surface area contributed by atoms with Gasteiger partial charge < -0.3 is 14.2 Å². The summed E-state index contributed by atoms with van der Waals surface area (Å²) in [6, 6.07) is 0. The van der Waals surface area contributed by atoms with E-state index in [1.807, 2.05) is 0 Å². The highest BCUT2D eigenvalue weighted by molar-refractivity contribution is 5.71. The number of hydrogen-bond acceptors (Lipinski definition) is 6.